The molecule has 106 valence electrons. The topological polar surface area (TPSA) is 21.3 Å². The summed E-state index contributed by atoms with van der Waals surface area (Å²) in [5, 5.41) is 3.58. The third-order valence-corrected chi connectivity index (χ3v) is 2.77. The Morgan fingerprint density at radius 1 is 1.15 bits per heavy atom. The van der Waals surface area contributed by atoms with Crippen molar-refractivity contribution in [1.29, 1.82) is 0 Å². The van der Waals surface area contributed by atoms with Crippen molar-refractivity contribution in [3.05, 3.63) is 58.9 Å². The fourth-order valence-corrected chi connectivity index (χ4v) is 1.87. The Labute approximate surface area is 119 Å². The quantitative estimate of drug-likeness (QED) is 0.865. The normalized spacial score (nSPS) is 10.7. The summed E-state index contributed by atoms with van der Waals surface area (Å²) >= 11 is 5.85. The molecule has 0 aromatic heterocycles. The second-order valence-electron chi connectivity index (χ2n) is 4.01. The molecule has 0 saturated heterocycles. The van der Waals surface area contributed by atoms with E-state index in [0.29, 0.717) is 17.3 Å². The summed E-state index contributed by atoms with van der Waals surface area (Å²) < 4.78 is 41.5. The average Bonchev–Trinajstić information content (AvgIpc) is 2.39. The van der Waals surface area contributed by atoms with Crippen molar-refractivity contribution >= 4 is 17.3 Å². The molecule has 2 aromatic carbocycles. The Morgan fingerprint density at radius 2 is 1.95 bits per heavy atom. The zero-order chi connectivity index (χ0) is 14.5. The fourth-order valence-electron chi connectivity index (χ4n) is 1.65. The van der Waals surface area contributed by atoms with Crippen LogP contribution in [0.1, 0.15) is 5.56 Å². The van der Waals surface area contributed by atoms with Crippen LogP contribution < -0.4 is 10.1 Å². The summed E-state index contributed by atoms with van der Waals surface area (Å²) in [5.41, 5.74) is 1.38. The largest absolute Gasteiger partial charge is 0.432 e. The van der Waals surface area contributed by atoms with Gasteiger partial charge in [0.2, 0.25) is 0 Å². The highest BCUT2D eigenvalue weighted by atomic mass is 35.5. The van der Waals surface area contributed by atoms with Crippen LogP contribution in [-0.4, -0.2) is 6.61 Å². The van der Waals surface area contributed by atoms with Gasteiger partial charge in [-0.1, -0.05) is 23.7 Å². The molecule has 0 saturated carbocycles. The predicted molar refractivity (Wildman–Crippen MR) is 71.8 cm³/mol. The molecule has 0 fully saturated rings. The van der Waals surface area contributed by atoms with E-state index in [1.807, 2.05) is 6.07 Å². The molecule has 0 atom stereocenters. The first-order valence-corrected chi connectivity index (χ1v) is 6.15. The first kappa shape index (κ1) is 14.5. The highest BCUT2D eigenvalue weighted by molar-refractivity contribution is 6.30. The van der Waals surface area contributed by atoms with E-state index in [-0.39, 0.29) is 0 Å². The summed E-state index contributed by atoms with van der Waals surface area (Å²) in [6.07, 6.45) is 0. The predicted octanol–water partition coefficient (Wildman–Crippen LogP) is 4.69. The molecule has 1 N–H and O–H groups in total. The molecule has 2 nitrogen and oxygen atoms in total. The number of nitrogens with one attached hydrogen (secondary N) is 1. The SMILES string of the molecule is Fc1cc(NCc2cccc(Cl)c2)ccc1OC(F)F. The van der Waals surface area contributed by atoms with Crippen molar-refractivity contribution in [3.8, 4) is 5.75 Å². The highest BCUT2D eigenvalue weighted by Crippen LogP contribution is 2.23. The Morgan fingerprint density at radius 3 is 2.60 bits per heavy atom. The number of anilines is 1. The van der Waals surface area contributed by atoms with Crippen molar-refractivity contribution in [2.45, 2.75) is 13.2 Å². The van der Waals surface area contributed by atoms with Crippen molar-refractivity contribution in [3.63, 3.8) is 0 Å². The summed E-state index contributed by atoms with van der Waals surface area (Å²) in [7, 11) is 0. The van der Waals surface area contributed by atoms with Crippen molar-refractivity contribution in [2.75, 3.05) is 5.32 Å². The molecule has 0 radical (unpaired) electrons. The Balaban J connectivity index is 2.02. The van der Waals surface area contributed by atoms with Crippen molar-refractivity contribution in [1.82, 2.24) is 0 Å². The molecule has 2 rings (SSSR count). The van der Waals surface area contributed by atoms with Crippen LogP contribution in [-0.2, 0) is 6.54 Å². The van der Waals surface area contributed by atoms with Gasteiger partial charge in [-0.05, 0) is 29.8 Å². The summed E-state index contributed by atoms with van der Waals surface area (Å²) in [6, 6.07) is 10.9. The summed E-state index contributed by atoms with van der Waals surface area (Å²) in [4.78, 5) is 0. The molecular formula is C14H11ClF3NO. The van der Waals surface area contributed by atoms with Gasteiger partial charge in [-0.2, -0.15) is 8.78 Å². The third kappa shape index (κ3) is 4.06. The van der Waals surface area contributed by atoms with E-state index in [1.165, 1.54) is 6.07 Å². The Bertz CT molecular complexity index is 592. The minimum atomic E-state index is -3.05. The van der Waals surface area contributed by atoms with Crippen LogP contribution in [0.25, 0.3) is 0 Å². The maximum Gasteiger partial charge on any atom is 0.387 e. The fraction of sp³-hybridized carbons (Fsp3) is 0.143. The number of benzene rings is 2. The summed E-state index contributed by atoms with van der Waals surface area (Å²) in [5.74, 6) is -1.32. The standard InChI is InChI=1S/C14H11ClF3NO/c15-10-3-1-2-9(6-10)8-19-11-4-5-13(12(16)7-11)20-14(17)18/h1-7,14,19H,8H2. The van der Waals surface area contributed by atoms with Crippen LogP contribution in [0.5, 0.6) is 5.75 Å². The lowest BCUT2D eigenvalue weighted by molar-refractivity contribution is -0.0521. The Kier molecular flexibility index (Phi) is 4.74. The van der Waals surface area contributed by atoms with E-state index in [2.05, 4.69) is 10.1 Å². The molecule has 0 amide bonds. The highest BCUT2D eigenvalue weighted by Gasteiger charge is 2.10. The van der Waals surface area contributed by atoms with Gasteiger partial charge in [0.1, 0.15) is 0 Å². The lowest BCUT2D eigenvalue weighted by atomic mass is 10.2. The van der Waals surface area contributed by atoms with Gasteiger partial charge in [0, 0.05) is 23.3 Å². The molecule has 2 aromatic rings. The van der Waals surface area contributed by atoms with E-state index in [0.717, 1.165) is 17.7 Å². The van der Waals surface area contributed by atoms with Crippen LogP contribution in [0, 0.1) is 5.82 Å². The number of hydrogen-bond donors (Lipinski definition) is 1. The molecule has 6 heteroatoms. The molecule has 0 aliphatic carbocycles. The zero-order valence-corrected chi connectivity index (χ0v) is 11.0. The lowest BCUT2D eigenvalue weighted by Crippen LogP contribution is -2.05. The van der Waals surface area contributed by atoms with Crippen LogP contribution in [0.2, 0.25) is 5.02 Å². The van der Waals surface area contributed by atoms with Gasteiger partial charge in [0.05, 0.1) is 0 Å². The van der Waals surface area contributed by atoms with Crippen molar-refractivity contribution < 1.29 is 17.9 Å². The third-order valence-electron chi connectivity index (χ3n) is 2.53. The van der Waals surface area contributed by atoms with Gasteiger partial charge in [-0.15, -0.1) is 0 Å². The zero-order valence-electron chi connectivity index (χ0n) is 10.2. The van der Waals surface area contributed by atoms with E-state index in [9.17, 15) is 13.2 Å². The average molecular weight is 302 g/mol. The smallest absolute Gasteiger partial charge is 0.387 e. The van der Waals surface area contributed by atoms with Gasteiger partial charge in [0.15, 0.2) is 11.6 Å². The number of ether oxygens (including phenoxy) is 1. The van der Waals surface area contributed by atoms with Crippen LogP contribution in [0.3, 0.4) is 0 Å². The van der Waals surface area contributed by atoms with E-state index >= 15 is 0 Å². The lowest BCUT2D eigenvalue weighted by Gasteiger charge is -2.10. The number of rotatable bonds is 5. The van der Waals surface area contributed by atoms with Gasteiger partial charge in [-0.3, -0.25) is 0 Å². The second-order valence-corrected chi connectivity index (χ2v) is 4.44. The van der Waals surface area contributed by atoms with E-state index in [1.54, 1.807) is 18.2 Å². The molecule has 0 spiro atoms. The molecule has 20 heavy (non-hydrogen) atoms. The first-order valence-electron chi connectivity index (χ1n) is 5.77. The minimum absolute atomic E-state index is 0.440. The Hall–Kier alpha value is -1.88. The molecule has 0 aliphatic rings. The molecule has 0 heterocycles. The van der Waals surface area contributed by atoms with Crippen molar-refractivity contribution in [2.24, 2.45) is 0 Å². The molecule has 0 aliphatic heterocycles. The van der Waals surface area contributed by atoms with Gasteiger partial charge < -0.3 is 10.1 Å². The minimum Gasteiger partial charge on any atom is -0.432 e. The van der Waals surface area contributed by atoms with Gasteiger partial charge in [-0.25, -0.2) is 4.39 Å². The number of alkyl halides is 2. The van der Waals surface area contributed by atoms with Gasteiger partial charge >= 0.3 is 6.61 Å². The van der Waals surface area contributed by atoms with Gasteiger partial charge in [0.25, 0.3) is 0 Å². The van der Waals surface area contributed by atoms with E-state index in [4.69, 9.17) is 11.6 Å². The number of halogens is 4. The second kappa shape index (κ2) is 6.52. The van der Waals surface area contributed by atoms with Crippen LogP contribution in [0.4, 0.5) is 18.9 Å². The molecule has 0 bridgehead atoms. The maximum atomic E-state index is 13.5. The summed E-state index contributed by atoms with van der Waals surface area (Å²) in [6.45, 7) is -2.61. The number of hydrogen-bond acceptors (Lipinski definition) is 2. The monoisotopic (exact) mass is 301 g/mol. The molecular weight excluding hydrogens is 291 g/mol. The van der Waals surface area contributed by atoms with Crippen LogP contribution in [0.15, 0.2) is 42.5 Å². The van der Waals surface area contributed by atoms with E-state index < -0.39 is 18.2 Å². The molecule has 0 unspecified atom stereocenters. The first-order chi connectivity index (χ1) is 9.54. The maximum absolute atomic E-state index is 13.5. The van der Waals surface area contributed by atoms with Crippen LogP contribution >= 0.6 is 11.6 Å².